The Morgan fingerprint density at radius 3 is 2.41 bits per heavy atom. The average Bonchev–Trinajstić information content (AvgIpc) is 2.65. The molecular weight excluding hydrogens is 240 g/mol. The molecule has 4 atom stereocenters. The zero-order valence-electron chi connectivity index (χ0n) is 9.27. The minimum Gasteiger partial charge on any atom is -0.394 e. The van der Waals surface area contributed by atoms with Gasteiger partial charge in [0.1, 0.15) is 23.7 Å². The van der Waals surface area contributed by atoms with Crippen LogP contribution in [0.15, 0.2) is 30.3 Å². The highest BCUT2D eigenvalue weighted by molar-refractivity contribution is 7.99. The van der Waals surface area contributed by atoms with E-state index >= 15 is 0 Å². The summed E-state index contributed by atoms with van der Waals surface area (Å²) in [5, 5.41) is 28.3. The lowest BCUT2D eigenvalue weighted by Crippen LogP contribution is -2.33. The van der Waals surface area contributed by atoms with Gasteiger partial charge in [-0.15, -0.1) is 11.8 Å². The van der Waals surface area contributed by atoms with Crippen molar-refractivity contribution in [1.82, 2.24) is 0 Å². The van der Waals surface area contributed by atoms with Crippen LogP contribution >= 0.6 is 11.8 Å². The van der Waals surface area contributed by atoms with Gasteiger partial charge in [0.15, 0.2) is 0 Å². The lowest BCUT2D eigenvalue weighted by atomic mass is 10.2. The normalized spacial score (nSPS) is 32.9. The van der Waals surface area contributed by atoms with Crippen molar-refractivity contribution in [3.8, 4) is 0 Å². The number of aliphatic hydroxyl groups excluding tert-OH is 3. The van der Waals surface area contributed by atoms with E-state index in [1.807, 2.05) is 30.3 Å². The Labute approximate surface area is 104 Å². The highest BCUT2D eigenvalue weighted by Crippen LogP contribution is 2.31. The van der Waals surface area contributed by atoms with Gasteiger partial charge in [0.05, 0.1) is 6.61 Å². The SMILES string of the molecule is OC[C@@H]1O[C@@H](SCc2ccccc2)[C@H](O)[C@H]1O. The average molecular weight is 256 g/mol. The summed E-state index contributed by atoms with van der Waals surface area (Å²) in [6.45, 7) is -0.277. The summed E-state index contributed by atoms with van der Waals surface area (Å²) in [6.07, 6.45) is -2.63. The van der Waals surface area contributed by atoms with E-state index in [-0.39, 0.29) is 6.61 Å². The Morgan fingerprint density at radius 1 is 1.12 bits per heavy atom. The van der Waals surface area contributed by atoms with E-state index in [1.165, 1.54) is 11.8 Å². The minimum atomic E-state index is -1.01. The van der Waals surface area contributed by atoms with Crippen molar-refractivity contribution >= 4 is 11.8 Å². The van der Waals surface area contributed by atoms with Crippen molar-refractivity contribution in [2.45, 2.75) is 29.5 Å². The summed E-state index contributed by atoms with van der Waals surface area (Å²) in [7, 11) is 0. The molecule has 1 heterocycles. The van der Waals surface area contributed by atoms with Gasteiger partial charge in [-0.3, -0.25) is 0 Å². The predicted molar refractivity (Wildman–Crippen MR) is 65.5 cm³/mol. The molecule has 0 bridgehead atoms. The summed E-state index contributed by atoms with van der Waals surface area (Å²) in [4.78, 5) is 0. The molecule has 1 aromatic rings. The van der Waals surface area contributed by atoms with Crippen LogP contribution in [0.5, 0.6) is 0 Å². The molecule has 1 aliphatic heterocycles. The molecule has 0 spiro atoms. The van der Waals surface area contributed by atoms with Crippen LogP contribution in [0.4, 0.5) is 0 Å². The number of benzene rings is 1. The molecule has 0 radical (unpaired) electrons. The molecular formula is C12H16O4S. The lowest BCUT2D eigenvalue weighted by molar-refractivity contribution is -0.00809. The van der Waals surface area contributed by atoms with Crippen molar-refractivity contribution < 1.29 is 20.1 Å². The molecule has 1 aromatic carbocycles. The summed E-state index contributed by atoms with van der Waals surface area (Å²) in [5.74, 6) is 0.702. The Kier molecular flexibility index (Phi) is 4.42. The van der Waals surface area contributed by atoms with Crippen LogP contribution < -0.4 is 0 Å². The number of aliphatic hydroxyl groups is 3. The Morgan fingerprint density at radius 2 is 1.82 bits per heavy atom. The van der Waals surface area contributed by atoms with Gasteiger partial charge in [-0.05, 0) is 5.56 Å². The molecule has 0 amide bonds. The predicted octanol–water partition coefficient (Wildman–Crippen LogP) is 0.359. The van der Waals surface area contributed by atoms with Gasteiger partial charge >= 0.3 is 0 Å². The highest BCUT2D eigenvalue weighted by atomic mass is 32.2. The monoisotopic (exact) mass is 256 g/mol. The van der Waals surface area contributed by atoms with Crippen molar-refractivity contribution in [2.24, 2.45) is 0 Å². The quantitative estimate of drug-likeness (QED) is 0.725. The highest BCUT2D eigenvalue weighted by Gasteiger charge is 2.42. The first-order chi connectivity index (χ1) is 8.22. The molecule has 17 heavy (non-hydrogen) atoms. The van der Waals surface area contributed by atoms with Crippen LogP contribution in [0, 0.1) is 0 Å². The third-order valence-electron chi connectivity index (χ3n) is 2.76. The van der Waals surface area contributed by atoms with Crippen molar-refractivity contribution in [2.75, 3.05) is 6.61 Å². The fourth-order valence-electron chi connectivity index (χ4n) is 1.76. The Bertz CT molecular complexity index is 346. The molecule has 94 valence electrons. The zero-order chi connectivity index (χ0) is 12.3. The molecule has 5 heteroatoms. The topological polar surface area (TPSA) is 69.9 Å². The van der Waals surface area contributed by atoms with E-state index in [2.05, 4.69) is 0 Å². The van der Waals surface area contributed by atoms with Gasteiger partial charge in [-0.1, -0.05) is 30.3 Å². The number of hydrogen-bond acceptors (Lipinski definition) is 5. The second-order valence-electron chi connectivity index (χ2n) is 4.00. The third kappa shape index (κ3) is 3.00. The second-order valence-corrected chi connectivity index (χ2v) is 5.09. The fraction of sp³-hybridized carbons (Fsp3) is 0.500. The van der Waals surface area contributed by atoms with Crippen molar-refractivity contribution in [3.05, 3.63) is 35.9 Å². The minimum absolute atomic E-state index is 0.277. The molecule has 0 saturated carbocycles. The molecule has 0 aromatic heterocycles. The molecule has 3 N–H and O–H groups in total. The van der Waals surface area contributed by atoms with Gasteiger partial charge in [-0.2, -0.15) is 0 Å². The van der Waals surface area contributed by atoms with Crippen LogP contribution in [0.1, 0.15) is 5.56 Å². The van der Waals surface area contributed by atoms with E-state index in [0.29, 0.717) is 5.75 Å². The molecule has 0 aliphatic carbocycles. The molecule has 1 fully saturated rings. The van der Waals surface area contributed by atoms with Gasteiger partial charge in [0.25, 0.3) is 0 Å². The van der Waals surface area contributed by atoms with E-state index < -0.39 is 23.7 Å². The van der Waals surface area contributed by atoms with Gasteiger partial charge in [-0.25, -0.2) is 0 Å². The van der Waals surface area contributed by atoms with E-state index in [4.69, 9.17) is 9.84 Å². The molecule has 2 rings (SSSR count). The van der Waals surface area contributed by atoms with E-state index in [1.54, 1.807) is 0 Å². The van der Waals surface area contributed by atoms with Crippen LogP contribution in [-0.2, 0) is 10.5 Å². The van der Waals surface area contributed by atoms with Gasteiger partial charge in [0.2, 0.25) is 0 Å². The lowest BCUT2D eigenvalue weighted by Gasteiger charge is -2.13. The van der Waals surface area contributed by atoms with Crippen molar-refractivity contribution in [1.29, 1.82) is 0 Å². The zero-order valence-corrected chi connectivity index (χ0v) is 10.1. The second kappa shape index (κ2) is 5.84. The maximum Gasteiger partial charge on any atom is 0.132 e. The smallest absolute Gasteiger partial charge is 0.132 e. The Balaban J connectivity index is 1.88. The molecule has 1 aliphatic rings. The van der Waals surface area contributed by atoms with Crippen LogP contribution in [0.3, 0.4) is 0 Å². The first-order valence-electron chi connectivity index (χ1n) is 5.50. The first-order valence-corrected chi connectivity index (χ1v) is 6.55. The summed E-state index contributed by atoms with van der Waals surface area (Å²) in [5.41, 5.74) is 0.651. The number of thioether (sulfide) groups is 1. The standard InChI is InChI=1S/C12H16O4S/c13-6-9-10(14)11(15)12(16-9)17-7-8-4-2-1-3-5-8/h1-5,9-15H,6-7H2/t9-,10-,11+,12-/m0/s1. The van der Waals surface area contributed by atoms with Gasteiger partial charge in [0, 0.05) is 5.75 Å². The maximum atomic E-state index is 9.73. The summed E-state index contributed by atoms with van der Waals surface area (Å²) < 4.78 is 5.37. The number of rotatable bonds is 4. The van der Waals surface area contributed by atoms with Crippen molar-refractivity contribution in [3.63, 3.8) is 0 Å². The molecule has 0 unspecified atom stereocenters. The fourth-order valence-corrected chi connectivity index (χ4v) is 2.88. The van der Waals surface area contributed by atoms with Crippen LogP contribution in [-0.4, -0.2) is 45.7 Å². The number of hydrogen-bond donors (Lipinski definition) is 3. The third-order valence-corrected chi connectivity index (χ3v) is 3.97. The number of ether oxygens (including phenoxy) is 1. The Hall–Kier alpha value is -0.590. The maximum absolute atomic E-state index is 9.73. The van der Waals surface area contributed by atoms with Crippen LogP contribution in [0.2, 0.25) is 0 Å². The van der Waals surface area contributed by atoms with E-state index in [9.17, 15) is 10.2 Å². The molecule has 4 nitrogen and oxygen atoms in total. The van der Waals surface area contributed by atoms with E-state index in [0.717, 1.165) is 5.56 Å². The first kappa shape index (κ1) is 12.9. The van der Waals surface area contributed by atoms with Gasteiger partial charge < -0.3 is 20.1 Å². The van der Waals surface area contributed by atoms with Crippen LogP contribution in [0.25, 0.3) is 0 Å². The largest absolute Gasteiger partial charge is 0.394 e. The summed E-state index contributed by atoms with van der Waals surface area (Å²) >= 11 is 1.42. The molecule has 1 saturated heterocycles. The summed E-state index contributed by atoms with van der Waals surface area (Å²) in [6, 6.07) is 9.84.